The Bertz CT molecular complexity index is 953. The van der Waals surface area contributed by atoms with Crippen LogP contribution in [0.4, 0.5) is 0 Å². The average molecular weight is 471 g/mol. The zero-order valence-electron chi connectivity index (χ0n) is 19.8. The Balaban J connectivity index is 1.67. The summed E-state index contributed by atoms with van der Waals surface area (Å²) in [6.45, 7) is 5.50. The number of piperazine rings is 1. The predicted molar refractivity (Wildman–Crippen MR) is 130 cm³/mol. The lowest BCUT2D eigenvalue weighted by atomic mass is 9.85. The molecule has 0 spiro atoms. The van der Waals surface area contributed by atoms with Crippen LogP contribution in [0.3, 0.4) is 0 Å². The van der Waals surface area contributed by atoms with E-state index in [1.807, 2.05) is 40.6 Å². The summed E-state index contributed by atoms with van der Waals surface area (Å²) in [6, 6.07) is 9.07. The van der Waals surface area contributed by atoms with E-state index in [2.05, 4.69) is 13.8 Å². The highest BCUT2D eigenvalue weighted by atomic mass is 32.1. The SMILES string of the molecule is CCCOc1ccc([C@H]2C(=O)N(C3CCC(C)CC3)CC(=O)N2Cc2cccs2)cc1OC. The summed E-state index contributed by atoms with van der Waals surface area (Å²) in [5, 5.41) is 2.00. The second-order valence-electron chi connectivity index (χ2n) is 9.14. The minimum Gasteiger partial charge on any atom is -0.493 e. The number of hydrogen-bond acceptors (Lipinski definition) is 5. The van der Waals surface area contributed by atoms with Crippen molar-refractivity contribution in [2.24, 2.45) is 5.92 Å². The van der Waals surface area contributed by atoms with Crippen molar-refractivity contribution in [2.75, 3.05) is 20.3 Å². The Morgan fingerprint density at radius 1 is 1.09 bits per heavy atom. The molecular weight excluding hydrogens is 436 g/mol. The van der Waals surface area contributed by atoms with Crippen LogP contribution in [0.15, 0.2) is 35.7 Å². The Hall–Kier alpha value is -2.54. The van der Waals surface area contributed by atoms with Crippen LogP contribution in [0.25, 0.3) is 0 Å². The summed E-state index contributed by atoms with van der Waals surface area (Å²) in [4.78, 5) is 32.0. The van der Waals surface area contributed by atoms with Crippen LogP contribution in [0.2, 0.25) is 0 Å². The number of carbonyl (C=O) groups is 2. The van der Waals surface area contributed by atoms with Crippen molar-refractivity contribution in [3.8, 4) is 11.5 Å². The van der Waals surface area contributed by atoms with Gasteiger partial charge in [0.15, 0.2) is 11.5 Å². The summed E-state index contributed by atoms with van der Waals surface area (Å²) in [5.41, 5.74) is 0.763. The molecule has 1 aromatic heterocycles. The van der Waals surface area contributed by atoms with Crippen LogP contribution in [0.5, 0.6) is 11.5 Å². The zero-order valence-corrected chi connectivity index (χ0v) is 20.6. The van der Waals surface area contributed by atoms with Gasteiger partial charge >= 0.3 is 0 Å². The van der Waals surface area contributed by atoms with Crippen LogP contribution in [0.1, 0.15) is 62.4 Å². The lowest BCUT2D eigenvalue weighted by Crippen LogP contribution is -2.58. The third-order valence-electron chi connectivity index (χ3n) is 6.75. The molecule has 4 rings (SSSR count). The Kier molecular flexibility index (Phi) is 7.58. The van der Waals surface area contributed by atoms with Crippen molar-refractivity contribution in [1.29, 1.82) is 0 Å². The number of nitrogens with zero attached hydrogens (tertiary/aromatic N) is 2. The molecule has 33 heavy (non-hydrogen) atoms. The summed E-state index contributed by atoms with van der Waals surface area (Å²) in [6.07, 6.45) is 5.02. The van der Waals surface area contributed by atoms with E-state index in [-0.39, 0.29) is 24.4 Å². The van der Waals surface area contributed by atoms with Crippen molar-refractivity contribution >= 4 is 23.2 Å². The molecule has 0 N–H and O–H groups in total. The van der Waals surface area contributed by atoms with Gasteiger partial charge in [0.05, 0.1) is 20.3 Å². The lowest BCUT2D eigenvalue weighted by Gasteiger charge is -2.45. The largest absolute Gasteiger partial charge is 0.493 e. The Morgan fingerprint density at radius 3 is 2.55 bits per heavy atom. The zero-order chi connectivity index (χ0) is 23.4. The molecule has 2 aliphatic rings. The van der Waals surface area contributed by atoms with E-state index in [0.29, 0.717) is 30.6 Å². The number of carbonyl (C=O) groups excluding carboxylic acids is 2. The third kappa shape index (κ3) is 5.18. The minimum atomic E-state index is -0.665. The second kappa shape index (κ2) is 10.6. The molecule has 1 aliphatic heterocycles. The molecule has 1 aliphatic carbocycles. The summed E-state index contributed by atoms with van der Waals surface area (Å²) in [5.74, 6) is 1.93. The lowest BCUT2D eigenvalue weighted by molar-refractivity contribution is -0.160. The van der Waals surface area contributed by atoms with E-state index in [4.69, 9.17) is 9.47 Å². The van der Waals surface area contributed by atoms with Crippen molar-refractivity contribution in [2.45, 2.75) is 64.6 Å². The Morgan fingerprint density at radius 2 is 1.88 bits per heavy atom. The molecule has 2 aromatic rings. The molecule has 6 nitrogen and oxygen atoms in total. The van der Waals surface area contributed by atoms with Gasteiger partial charge in [-0.1, -0.05) is 26.0 Å². The highest BCUT2D eigenvalue weighted by molar-refractivity contribution is 7.09. The quantitative estimate of drug-likeness (QED) is 0.543. The Labute approximate surface area is 200 Å². The highest BCUT2D eigenvalue weighted by Crippen LogP contribution is 2.38. The van der Waals surface area contributed by atoms with Crippen LogP contribution < -0.4 is 9.47 Å². The van der Waals surface area contributed by atoms with Gasteiger partial charge in [0.2, 0.25) is 5.91 Å². The number of thiophene rings is 1. The molecule has 2 amide bonds. The molecule has 1 atom stereocenters. The number of methoxy groups -OCH3 is 1. The molecule has 0 unspecified atom stereocenters. The van der Waals surface area contributed by atoms with Gasteiger partial charge in [0.25, 0.3) is 5.91 Å². The number of amides is 2. The molecule has 1 aromatic carbocycles. The predicted octanol–water partition coefficient (Wildman–Crippen LogP) is 5.04. The van der Waals surface area contributed by atoms with E-state index < -0.39 is 6.04 Å². The molecule has 0 radical (unpaired) electrons. The van der Waals surface area contributed by atoms with Crippen LogP contribution in [-0.2, 0) is 16.1 Å². The van der Waals surface area contributed by atoms with Crippen molar-refractivity contribution in [3.63, 3.8) is 0 Å². The molecular formula is C26H34N2O4S. The fourth-order valence-electron chi connectivity index (χ4n) is 4.87. The first-order valence-electron chi connectivity index (χ1n) is 11.9. The van der Waals surface area contributed by atoms with Gasteiger partial charge in [-0.2, -0.15) is 0 Å². The highest BCUT2D eigenvalue weighted by Gasteiger charge is 2.43. The number of rotatable bonds is 8. The molecule has 7 heteroatoms. The first kappa shape index (κ1) is 23.6. The summed E-state index contributed by atoms with van der Waals surface area (Å²) >= 11 is 1.60. The van der Waals surface area contributed by atoms with E-state index in [1.165, 1.54) is 0 Å². The third-order valence-corrected chi connectivity index (χ3v) is 7.61. The fraction of sp³-hybridized carbons (Fsp3) is 0.538. The average Bonchev–Trinajstić information content (AvgIpc) is 3.34. The minimum absolute atomic E-state index is 0.00287. The van der Waals surface area contributed by atoms with Gasteiger partial charge < -0.3 is 19.3 Å². The number of hydrogen-bond donors (Lipinski definition) is 0. The molecule has 0 bridgehead atoms. The molecule has 2 fully saturated rings. The van der Waals surface area contributed by atoms with Gasteiger partial charge in [-0.05, 0) is 67.2 Å². The van der Waals surface area contributed by atoms with Gasteiger partial charge in [-0.25, -0.2) is 0 Å². The van der Waals surface area contributed by atoms with Crippen LogP contribution in [0, 0.1) is 5.92 Å². The maximum atomic E-state index is 13.9. The molecule has 1 saturated heterocycles. The van der Waals surface area contributed by atoms with Gasteiger partial charge in [0, 0.05) is 10.9 Å². The smallest absolute Gasteiger partial charge is 0.250 e. The van der Waals surface area contributed by atoms with E-state index >= 15 is 0 Å². The van der Waals surface area contributed by atoms with Crippen molar-refractivity contribution in [3.05, 3.63) is 46.2 Å². The maximum Gasteiger partial charge on any atom is 0.250 e. The number of ether oxygens (including phenoxy) is 2. The van der Waals surface area contributed by atoms with Gasteiger partial charge in [-0.15, -0.1) is 11.3 Å². The van der Waals surface area contributed by atoms with Gasteiger partial charge in [-0.3, -0.25) is 9.59 Å². The fourth-order valence-corrected chi connectivity index (χ4v) is 5.57. The van der Waals surface area contributed by atoms with Gasteiger partial charge in [0.1, 0.15) is 12.6 Å². The molecule has 2 heterocycles. The van der Waals surface area contributed by atoms with E-state index in [0.717, 1.165) is 42.5 Å². The first-order valence-corrected chi connectivity index (χ1v) is 12.8. The number of benzene rings is 1. The molecule has 178 valence electrons. The topological polar surface area (TPSA) is 59.1 Å². The standard InChI is InChI=1S/C26H34N2O4S/c1-4-13-32-22-12-9-19(15-23(22)31-3)25-26(30)27(20-10-7-18(2)8-11-20)17-24(29)28(25)16-21-6-5-14-33-21/h5-6,9,12,14-15,18,20,25H,4,7-8,10-11,13,16-17H2,1-3H3/t18?,20?,25-/m0/s1. The molecule has 1 saturated carbocycles. The van der Waals surface area contributed by atoms with Crippen LogP contribution in [-0.4, -0.2) is 47.9 Å². The monoisotopic (exact) mass is 470 g/mol. The van der Waals surface area contributed by atoms with Crippen molar-refractivity contribution < 1.29 is 19.1 Å². The second-order valence-corrected chi connectivity index (χ2v) is 10.2. The van der Waals surface area contributed by atoms with E-state index in [9.17, 15) is 9.59 Å². The first-order chi connectivity index (χ1) is 16.0. The van der Waals surface area contributed by atoms with Crippen LogP contribution >= 0.6 is 11.3 Å². The summed E-state index contributed by atoms with van der Waals surface area (Å²) in [7, 11) is 1.60. The van der Waals surface area contributed by atoms with E-state index in [1.54, 1.807) is 23.3 Å². The maximum absolute atomic E-state index is 13.9. The summed E-state index contributed by atoms with van der Waals surface area (Å²) < 4.78 is 11.4. The van der Waals surface area contributed by atoms with Crippen molar-refractivity contribution in [1.82, 2.24) is 9.80 Å². The normalized spacial score (nSPS) is 23.7.